The zero-order chi connectivity index (χ0) is 12.9. The molecule has 6 heteroatoms. The van der Waals surface area contributed by atoms with Crippen LogP contribution in [-0.4, -0.2) is 33.8 Å². The minimum Gasteiger partial charge on any atom is -0.396 e. The standard InChI is InChI=1S/C11H19N3O2S/c1-11(2,3)9-8(17-14-13-9)10(16)12-6-4-5-7-15/h15H,4-7H2,1-3H3,(H,12,16). The lowest BCUT2D eigenvalue weighted by Crippen LogP contribution is -2.27. The van der Waals surface area contributed by atoms with Crippen molar-refractivity contribution < 1.29 is 9.90 Å². The van der Waals surface area contributed by atoms with Crippen LogP contribution < -0.4 is 5.32 Å². The summed E-state index contributed by atoms with van der Waals surface area (Å²) in [6.07, 6.45) is 1.48. The summed E-state index contributed by atoms with van der Waals surface area (Å²) in [5, 5.41) is 15.5. The third-order valence-electron chi connectivity index (χ3n) is 2.28. The Bertz CT molecular complexity index is 371. The van der Waals surface area contributed by atoms with Crippen LogP contribution >= 0.6 is 11.5 Å². The Morgan fingerprint density at radius 2 is 2.12 bits per heavy atom. The van der Waals surface area contributed by atoms with Gasteiger partial charge in [-0.1, -0.05) is 25.3 Å². The van der Waals surface area contributed by atoms with Crippen molar-refractivity contribution in [1.82, 2.24) is 14.9 Å². The molecule has 96 valence electrons. The van der Waals surface area contributed by atoms with Crippen molar-refractivity contribution in [3.63, 3.8) is 0 Å². The van der Waals surface area contributed by atoms with Gasteiger partial charge in [-0.05, 0) is 24.4 Å². The number of hydrogen-bond donors (Lipinski definition) is 2. The van der Waals surface area contributed by atoms with E-state index in [-0.39, 0.29) is 17.9 Å². The van der Waals surface area contributed by atoms with Crippen LogP contribution in [0.4, 0.5) is 0 Å². The molecule has 1 rings (SSSR count). The second kappa shape index (κ2) is 6.07. The molecule has 0 aromatic carbocycles. The van der Waals surface area contributed by atoms with Crippen LogP contribution in [0, 0.1) is 0 Å². The van der Waals surface area contributed by atoms with Gasteiger partial charge in [0.25, 0.3) is 5.91 Å². The smallest absolute Gasteiger partial charge is 0.264 e. The molecule has 2 N–H and O–H groups in total. The zero-order valence-electron chi connectivity index (χ0n) is 10.5. The summed E-state index contributed by atoms with van der Waals surface area (Å²) in [6.45, 7) is 6.75. The molecular weight excluding hydrogens is 238 g/mol. The normalized spacial score (nSPS) is 11.5. The number of unbranched alkanes of at least 4 members (excludes halogenated alkanes) is 1. The van der Waals surface area contributed by atoms with Crippen molar-refractivity contribution >= 4 is 17.4 Å². The number of amides is 1. The minimum absolute atomic E-state index is 0.122. The summed E-state index contributed by atoms with van der Waals surface area (Å²) in [6, 6.07) is 0. The van der Waals surface area contributed by atoms with Crippen molar-refractivity contribution in [3.8, 4) is 0 Å². The lowest BCUT2D eigenvalue weighted by atomic mass is 9.91. The van der Waals surface area contributed by atoms with Crippen molar-refractivity contribution in [2.45, 2.75) is 39.0 Å². The van der Waals surface area contributed by atoms with Crippen molar-refractivity contribution in [3.05, 3.63) is 10.6 Å². The molecule has 0 saturated carbocycles. The van der Waals surface area contributed by atoms with Gasteiger partial charge in [0.05, 0.1) is 5.69 Å². The van der Waals surface area contributed by atoms with Gasteiger partial charge in [-0.2, -0.15) is 0 Å². The summed E-state index contributed by atoms with van der Waals surface area (Å²) in [4.78, 5) is 12.5. The zero-order valence-corrected chi connectivity index (χ0v) is 11.3. The number of aliphatic hydroxyl groups is 1. The van der Waals surface area contributed by atoms with Gasteiger partial charge < -0.3 is 10.4 Å². The van der Waals surface area contributed by atoms with Crippen LogP contribution in [0.2, 0.25) is 0 Å². The molecule has 0 unspecified atom stereocenters. The molecule has 0 bridgehead atoms. The lowest BCUT2D eigenvalue weighted by molar-refractivity contribution is 0.0953. The Morgan fingerprint density at radius 3 is 2.71 bits per heavy atom. The van der Waals surface area contributed by atoms with Crippen molar-refractivity contribution in [2.24, 2.45) is 0 Å². The molecule has 0 aliphatic heterocycles. The van der Waals surface area contributed by atoms with Crippen molar-refractivity contribution in [1.29, 1.82) is 0 Å². The van der Waals surface area contributed by atoms with Gasteiger partial charge in [0, 0.05) is 18.6 Å². The predicted octanol–water partition coefficient (Wildman–Crippen LogP) is 1.34. The van der Waals surface area contributed by atoms with E-state index < -0.39 is 0 Å². The van der Waals surface area contributed by atoms with Crippen LogP contribution in [0.15, 0.2) is 0 Å². The molecule has 1 aromatic rings. The Morgan fingerprint density at radius 1 is 1.41 bits per heavy atom. The summed E-state index contributed by atoms with van der Waals surface area (Å²) >= 11 is 1.13. The van der Waals surface area contributed by atoms with Gasteiger partial charge >= 0.3 is 0 Å². The predicted molar refractivity (Wildman–Crippen MR) is 67.3 cm³/mol. The Hall–Kier alpha value is -1.01. The van der Waals surface area contributed by atoms with E-state index in [1.807, 2.05) is 20.8 Å². The minimum atomic E-state index is -0.176. The number of aliphatic hydroxyl groups excluding tert-OH is 1. The van der Waals surface area contributed by atoms with Crippen LogP contribution in [0.3, 0.4) is 0 Å². The Kier molecular flexibility index (Phi) is 5.02. The van der Waals surface area contributed by atoms with Gasteiger partial charge in [0.2, 0.25) is 0 Å². The Balaban J connectivity index is 2.61. The summed E-state index contributed by atoms with van der Waals surface area (Å²) < 4.78 is 3.84. The molecule has 1 aromatic heterocycles. The van der Waals surface area contributed by atoms with Gasteiger partial charge in [-0.15, -0.1) is 5.10 Å². The first-order chi connectivity index (χ1) is 7.96. The van der Waals surface area contributed by atoms with E-state index in [9.17, 15) is 4.79 Å². The summed E-state index contributed by atoms with van der Waals surface area (Å²) in [5.41, 5.74) is 0.562. The topological polar surface area (TPSA) is 75.1 Å². The first-order valence-corrected chi connectivity index (χ1v) is 6.46. The highest BCUT2D eigenvalue weighted by Crippen LogP contribution is 2.25. The van der Waals surface area contributed by atoms with E-state index in [4.69, 9.17) is 5.11 Å². The monoisotopic (exact) mass is 257 g/mol. The van der Waals surface area contributed by atoms with Gasteiger partial charge in [-0.25, -0.2) is 0 Å². The molecule has 0 aliphatic rings. The average molecular weight is 257 g/mol. The quantitative estimate of drug-likeness (QED) is 0.781. The molecule has 5 nitrogen and oxygen atoms in total. The highest BCUT2D eigenvalue weighted by molar-refractivity contribution is 7.08. The third-order valence-corrected chi connectivity index (χ3v) is 3.00. The van der Waals surface area contributed by atoms with Crippen LogP contribution in [-0.2, 0) is 5.41 Å². The highest BCUT2D eigenvalue weighted by Gasteiger charge is 2.25. The molecule has 0 atom stereocenters. The molecule has 0 fully saturated rings. The molecule has 0 spiro atoms. The van der Waals surface area contributed by atoms with Crippen molar-refractivity contribution in [2.75, 3.05) is 13.2 Å². The summed E-state index contributed by atoms with van der Waals surface area (Å²) in [5.74, 6) is -0.122. The number of carbonyl (C=O) groups excluding carboxylic acids is 1. The second-order valence-electron chi connectivity index (χ2n) is 4.89. The van der Waals surface area contributed by atoms with E-state index in [0.29, 0.717) is 17.8 Å². The van der Waals surface area contributed by atoms with E-state index in [1.165, 1.54) is 0 Å². The maximum Gasteiger partial charge on any atom is 0.264 e. The van der Waals surface area contributed by atoms with Crippen LogP contribution in [0.5, 0.6) is 0 Å². The highest BCUT2D eigenvalue weighted by atomic mass is 32.1. The molecule has 0 saturated heterocycles. The third kappa shape index (κ3) is 4.05. The van der Waals surface area contributed by atoms with Crippen LogP contribution in [0.25, 0.3) is 0 Å². The van der Waals surface area contributed by atoms with Gasteiger partial charge in [0.1, 0.15) is 4.88 Å². The van der Waals surface area contributed by atoms with E-state index >= 15 is 0 Å². The first kappa shape index (κ1) is 14.1. The van der Waals surface area contributed by atoms with Crippen LogP contribution in [0.1, 0.15) is 49.0 Å². The van der Waals surface area contributed by atoms with E-state index in [0.717, 1.165) is 23.6 Å². The van der Waals surface area contributed by atoms with Gasteiger partial charge in [-0.3, -0.25) is 4.79 Å². The molecule has 17 heavy (non-hydrogen) atoms. The molecule has 0 radical (unpaired) electrons. The number of aromatic nitrogens is 2. The number of nitrogens with zero attached hydrogens (tertiary/aromatic N) is 2. The molecule has 0 aliphatic carbocycles. The second-order valence-corrected chi connectivity index (χ2v) is 5.64. The fraction of sp³-hybridized carbons (Fsp3) is 0.727. The number of carbonyl (C=O) groups is 1. The number of hydrogen-bond acceptors (Lipinski definition) is 5. The maximum atomic E-state index is 11.9. The average Bonchev–Trinajstić information content (AvgIpc) is 2.72. The molecule has 1 amide bonds. The van der Waals surface area contributed by atoms with E-state index in [2.05, 4.69) is 14.9 Å². The first-order valence-electron chi connectivity index (χ1n) is 5.68. The van der Waals surface area contributed by atoms with E-state index in [1.54, 1.807) is 0 Å². The SMILES string of the molecule is CC(C)(C)c1nnsc1C(=O)NCCCCO. The Labute approximate surface area is 105 Å². The number of nitrogens with one attached hydrogen (secondary N) is 1. The maximum absolute atomic E-state index is 11.9. The fourth-order valence-electron chi connectivity index (χ4n) is 1.35. The largest absolute Gasteiger partial charge is 0.396 e. The molecule has 1 heterocycles. The van der Waals surface area contributed by atoms with Gasteiger partial charge in [0.15, 0.2) is 0 Å². The molecular formula is C11H19N3O2S. The number of rotatable bonds is 5. The lowest BCUT2D eigenvalue weighted by Gasteiger charge is -2.16. The fourth-order valence-corrected chi connectivity index (χ4v) is 2.14. The summed E-state index contributed by atoms with van der Waals surface area (Å²) in [7, 11) is 0.